The molecule has 0 bridgehead atoms. The lowest BCUT2D eigenvalue weighted by molar-refractivity contribution is 0.102. The third-order valence-electron chi connectivity index (χ3n) is 3.68. The van der Waals surface area contributed by atoms with Crippen LogP contribution in [-0.4, -0.2) is 21.5 Å². The summed E-state index contributed by atoms with van der Waals surface area (Å²) in [6.45, 7) is 4.00. The third kappa shape index (κ3) is 4.77. The molecular formula is C20H17BrN2OS. The third-order valence-corrected chi connectivity index (χ3v) is 5.06. The maximum absolute atomic E-state index is 12.3. The highest BCUT2D eigenvalue weighted by Crippen LogP contribution is 2.23. The molecule has 0 saturated heterocycles. The Morgan fingerprint density at radius 3 is 2.36 bits per heavy atom. The number of rotatable bonds is 5. The van der Waals surface area contributed by atoms with Gasteiger partial charge in [-0.1, -0.05) is 69.7 Å². The van der Waals surface area contributed by atoms with E-state index in [-0.39, 0.29) is 5.78 Å². The number of hydrogen-bond acceptors (Lipinski definition) is 4. The number of benzene rings is 2. The van der Waals surface area contributed by atoms with E-state index in [1.165, 1.54) is 17.3 Å². The molecule has 0 atom stereocenters. The van der Waals surface area contributed by atoms with Crippen LogP contribution >= 0.6 is 27.7 Å². The predicted molar refractivity (Wildman–Crippen MR) is 106 cm³/mol. The molecular weight excluding hydrogens is 396 g/mol. The Morgan fingerprint density at radius 2 is 1.68 bits per heavy atom. The summed E-state index contributed by atoms with van der Waals surface area (Å²) in [6, 6.07) is 17.6. The number of hydrogen-bond donors (Lipinski definition) is 0. The van der Waals surface area contributed by atoms with Gasteiger partial charge in [0.05, 0.1) is 11.4 Å². The number of aryl methyl sites for hydroxylation is 2. The zero-order valence-electron chi connectivity index (χ0n) is 14.0. The topological polar surface area (TPSA) is 42.9 Å². The average Bonchev–Trinajstić information content (AvgIpc) is 2.60. The molecule has 3 aromatic rings. The minimum Gasteiger partial charge on any atom is -0.293 e. The summed E-state index contributed by atoms with van der Waals surface area (Å²) in [5.41, 5.74) is 4.73. The number of halogens is 1. The summed E-state index contributed by atoms with van der Waals surface area (Å²) in [6.07, 6.45) is 0. The van der Waals surface area contributed by atoms with Crippen molar-refractivity contribution in [3.05, 3.63) is 75.9 Å². The van der Waals surface area contributed by atoms with Crippen LogP contribution in [0.4, 0.5) is 0 Å². The van der Waals surface area contributed by atoms with Crippen molar-refractivity contribution in [2.75, 3.05) is 5.75 Å². The molecule has 3 nitrogen and oxygen atoms in total. The van der Waals surface area contributed by atoms with E-state index in [2.05, 4.69) is 57.1 Å². The first-order valence-electron chi connectivity index (χ1n) is 7.85. The molecule has 1 heterocycles. The maximum Gasteiger partial charge on any atom is 0.188 e. The molecule has 126 valence electrons. The smallest absolute Gasteiger partial charge is 0.188 e. The SMILES string of the molecule is Cc1ccc(-c2cc(C)nc(SCC(=O)c3ccc(Br)cc3)n2)cc1. The van der Waals surface area contributed by atoms with Gasteiger partial charge in [0.1, 0.15) is 0 Å². The molecule has 0 aliphatic rings. The Labute approximate surface area is 160 Å². The first-order chi connectivity index (χ1) is 12.0. The molecule has 0 spiro atoms. The quantitative estimate of drug-likeness (QED) is 0.315. The summed E-state index contributed by atoms with van der Waals surface area (Å²) in [5, 5.41) is 0.626. The summed E-state index contributed by atoms with van der Waals surface area (Å²) < 4.78 is 0.960. The molecule has 0 fully saturated rings. The average molecular weight is 413 g/mol. The lowest BCUT2D eigenvalue weighted by Gasteiger charge is -2.06. The second kappa shape index (κ2) is 7.93. The molecule has 2 aromatic carbocycles. The van der Waals surface area contributed by atoms with E-state index in [0.717, 1.165) is 21.4 Å². The van der Waals surface area contributed by atoms with Crippen molar-refractivity contribution in [3.63, 3.8) is 0 Å². The van der Waals surface area contributed by atoms with Crippen LogP contribution in [0.3, 0.4) is 0 Å². The summed E-state index contributed by atoms with van der Waals surface area (Å²) in [7, 11) is 0. The van der Waals surface area contributed by atoms with Crippen LogP contribution in [0.1, 0.15) is 21.6 Å². The van der Waals surface area contributed by atoms with Gasteiger partial charge in [-0.05, 0) is 32.0 Å². The van der Waals surface area contributed by atoms with Gasteiger partial charge in [-0.25, -0.2) is 9.97 Å². The lowest BCUT2D eigenvalue weighted by Crippen LogP contribution is -2.03. The predicted octanol–water partition coefficient (Wildman–Crippen LogP) is 5.50. The number of aromatic nitrogens is 2. The molecule has 5 heteroatoms. The Kier molecular flexibility index (Phi) is 5.66. The van der Waals surface area contributed by atoms with E-state index >= 15 is 0 Å². The van der Waals surface area contributed by atoms with E-state index in [1.807, 2.05) is 37.3 Å². The van der Waals surface area contributed by atoms with Crippen molar-refractivity contribution < 1.29 is 4.79 Å². The molecule has 0 saturated carbocycles. The molecule has 0 aliphatic carbocycles. The Morgan fingerprint density at radius 1 is 1.00 bits per heavy atom. The highest BCUT2D eigenvalue weighted by Gasteiger charge is 2.10. The fourth-order valence-electron chi connectivity index (χ4n) is 2.33. The minimum absolute atomic E-state index is 0.0690. The van der Waals surface area contributed by atoms with Crippen LogP contribution in [0.25, 0.3) is 11.3 Å². The van der Waals surface area contributed by atoms with Crippen LogP contribution in [-0.2, 0) is 0 Å². The number of nitrogens with zero attached hydrogens (tertiary/aromatic N) is 2. The zero-order valence-corrected chi connectivity index (χ0v) is 16.4. The zero-order chi connectivity index (χ0) is 17.8. The van der Waals surface area contributed by atoms with Gasteiger partial charge in [-0.3, -0.25) is 4.79 Å². The highest BCUT2D eigenvalue weighted by atomic mass is 79.9. The van der Waals surface area contributed by atoms with E-state index in [4.69, 9.17) is 0 Å². The van der Waals surface area contributed by atoms with E-state index in [0.29, 0.717) is 16.5 Å². The molecule has 3 rings (SSSR count). The van der Waals surface area contributed by atoms with Crippen molar-refractivity contribution in [1.29, 1.82) is 0 Å². The maximum atomic E-state index is 12.3. The summed E-state index contributed by atoms with van der Waals surface area (Å²) >= 11 is 4.75. The molecule has 1 aromatic heterocycles. The van der Waals surface area contributed by atoms with Crippen LogP contribution < -0.4 is 0 Å². The largest absolute Gasteiger partial charge is 0.293 e. The first kappa shape index (κ1) is 17.8. The van der Waals surface area contributed by atoms with Gasteiger partial charge in [-0.2, -0.15) is 0 Å². The Hall–Kier alpha value is -1.98. The molecule has 0 aliphatic heterocycles. The second-order valence-corrected chi connectivity index (χ2v) is 7.62. The van der Waals surface area contributed by atoms with Crippen molar-refractivity contribution in [3.8, 4) is 11.3 Å². The Bertz CT molecular complexity index is 893. The van der Waals surface area contributed by atoms with E-state index in [9.17, 15) is 4.79 Å². The number of thioether (sulfide) groups is 1. The molecule has 25 heavy (non-hydrogen) atoms. The molecule has 0 radical (unpaired) electrons. The minimum atomic E-state index is 0.0690. The van der Waals surface area contributed by atoms with Gasteiger partial charge >= 0.3 is 0 Å². The van der Waals surface area contributed by atoms with E-state index in [1.54, 1.807) is 0 Å². The monoisotopic (exact) mass is 412 g/mol. The second-order valence-electron chi connectivity index (χ2n) is 5.76. The van der Waals surface area contributed by atoms with Crippen LogP contribution in [0, 0.1) is 13.8 Å². The number of Topliss-reactive ketones (excluding diaryl/α,β-unsaturated/α-hetero) is 1. The molecule has 0 unspecified atom stereocenters. The molecule has 0 N–H and O–H groups in total. The van der Waals surface area contributed by atoms with E-state index < -0.39 is 0 Å². The Balaban J connectivity index is 1.75. The van der Waals surface area contributed by atoms with Gasteiger partial charge in [0.2, 0.25) is 0 Å². The van der Waals surface area contributed by atoms with Crippen molar-refractivity contribution in [2.24, 2.45) is 0 Å². The van der Waals surface area contributed by atoms with Gasteiger partial charge in [0.25, 0.3) is 0 Å². The number of carbonyl (C=O) groups is 1. The van der Waals surface area contributed by atoms with Gasteiger partial charge in [0.15, 0.2) is 10.9 Å². The van der Waals surface area contributed by atoms with Gasteiger partial charge in [-0.15, -0.1) is 0 Å². The fourth-order valence-corrected chi connectivity index (χ4v) is 3.39. The summed E-state index contributed by atoms with van der Waals surface area (Å²) in [4.78, 5) is 21.4. The normalized spacial score (nSPS) is 10.7. The standard InChI is InChI=1S/C20H17BrN2OS/c1-13-3-5-15(6-4-13)18-11-14(2)22-20(23-18)25-12-19(24)16-7-9-17(21)10-8-16/h3-11H,12H2,1-2H3. The van der Waals surface area contributed by atoms with Crippen LogP contribution in [0.2, 0.25) is 0 Å². The lowest BCUT2D eigenvalue weighted by atomic mass is 10.1. The molecule has 0 amide bonds. The van der Waals surface area contributed by atoms with Gasteiger partial charge < -0.3 is 0 Å². The van der Waals surface area contributed by atoms with Crippen molar-refractivity contribution >= 4 is 33.5 Å². The van der Waals surface area contributed by atoms with Crippen LogP contribution in [0.15, 0.2) is 64.2 Å². The summed E-state index contributed by atoms with van der Waals surface area (Å²) in [5.74, 6) is 0.387. The first-order valence-corrected chi connectivity index (χ1v) is 9.63. The fraction of sp³-hybridized carbons (Fsp3) is 0.150. The highest BCUT2D eigenvalue weighted by molar-refractivity contribution is 9.10. The van der Waals surface area contributed by atoms with Crippen molar-refractivity contribution in [1.82, 2.24) is 9.97 Å². The van der Waals surface area contributed by atoms with Gasteiger partial charge in [0, 0.05) is 21.3 Å². The van der Waals surface area contributed by atoms with Crippen molar-refractivity contribution in [2.45, 2.75) is 19.0 Å². The van der Waals surface area contributed by atoms with Crippen LogP contribution in [0.5, 0.6) is 0 Å². The number of ketones is 1. The number of carbonyl (C=O) groups excluding carboxylic acids is 1.